The second kappa shape index (κ2) is 8.89. The van der Waals surface area contributed by atoms with Gasteiger partial charge in [0.05, 0.1) is 0 Å². The third kappa shape index (κ3) is 4.45. The standard InChI is InChI=1S/C24H30N2O2/c27-18-24(28)26-15-11-22-16-21(8-9-23(22)17-26)20-6-4-19(5-7-20)10-14-25-12-2-1-3-13-25/h4-9,16,27H,1-3,10-15,17-18H2. The van der Waals surface area contributed by atoms with Crippen LogP contribution in [-0.4, -0.2) is 53.6 Å². The van der Waals surface area contributed by atoms with Gasteiger partial charge in [0, 0.05) is 19.6 Å². The molecule has 4 nitrogen and oxygen atoms in total. The van der Waals surface area contributed by atoms with E-state index in [4.69, 9.17) is 5.11 Å². The molecule has 2 aliphatic rings. The topological polar surface area (TPSA) is 43.8 Å². The van der Waals surface area contributed by atoms with Gasteiger partial charge in [-0.3, -0.25) is 4.79 Å². The predicted molar refractivity (Wildman–Crippen MR) is 112 cm³/mol. The van der Waals surface area contributed by atoms with Gasteiger partial charge in [-0.2, -0.15) is 0 Å². The van der Waals surface area contributed by atoms with E-state index in [-0.39, 0.29) is 5.91 Å². The molecule has 4 heteroatoms. The van der Waals surface area contributed by atoms with Gasteiger partial charge in [0.2, 0.25) is 5.91 Å². The number of aliphatic hydroxyl groups excluding tert-OH is 1. The van der Waals surface area contributed by atoms with Crippen LogP contribution in [0.15, 0.2) is 42.5 Å². The van der Waals surface area contributed by atoms with Crippen LogP contribution in [0.4, 0.5) is 0 Å². The summed E-state index contributed by atoms with van der Waals surface area (Å²) >= 11 is 0. The minimum atomic E-state index is -0.405. The molecule has 0 radical (unpaired) electrons. The highest BCUT2D eigenvalue weighted by Gasteiger charge is 2.20. The summed E-state index contributed by atoms with van der Waals surface area (Å²) in [6.07, 6.45) is 6.07. The largest absolute Gasteiger partial charge is 0.387 e. The Morgan fingerprint density at radius 3 is 2.39 bits per heavy atom. The van der Waals surface area contributed by atoms with E-state index >= 15 is 0 Å². The normalized spacial score (nSPS) is 17.4. The molecule has 0 unspecified atom stereocenters. The zero-order chi connectivity index (χ0) is 19.3. The summed E-state index contributed by atoms with van der Waals surface area (Å²) in [7, 11) is 0. The molecule has 0 aliphatic carbocycles. The molecule has 4 rings (SSSR count). The van der Waals surface area contributed by atoms with E-state index in [9.17, 15) is 4.79 Å². The van der Waals surface area contributed by atoms with Gasteiger partial charge < -0.3 is 14.9 Å². The molecule has 2 heterocycles. The van der Waals surface area contributed by atoms with Crippen LogP contribution in [0.25, 0.3) is 11.1 Å². The number of aliphatic hydroxyl groups is 1. The average molecular weight is 379 g/mol. The first-order chi connectivity index (χ1) is 13.7. The zero-order valence-electron chi connectivity index (χ0n) is 16.6. The zero-order valence-corrected chi connectivity index (χ0v) is 16.6. The lowest BCUT2D eigenvalue weighted by atomic mass is 9.94. The quantitative estimate of drug-likeness (QED) is 0.869. The molecular weight excluding hydrogens is 348 g/mol. The molecular formula is C24H30N2O2. The van der Waals surface area contributed by atoms with Gasteiger partial charge in [0.15, 0.2) is 0 Å². The smallest absolute Gasteiger partial charge is 0.248 e. The molecule has 0 aromatic heterocycles. The highest BCUT2D eigenvalue weighted by atomic mass is 16.3. The first-order valence-electron chi connectivity index (χ1n) is 10.5. The van der Waals surface area contributed by atoms with Crippen LogP contribution in [0.2, 0.25) is 0 Å². The summed E-state index contributed by atoms with van der Waals surface area (Å²) in [5, 5.41) is 9.07. The van der Waals surface area contributed by atoms with Crippen LogP contribution in [-0.2, 0) is 24.2 Å². The molecule has 2 aromatic rings. The Balaban J connectivity index is 1.40. The van der Waals surface area contributed by atoms with Crippen LogP contribution in [0.1, 0.15) is 36.0 Å². The Hall–Kier alpha value is -2.17. The Bertz CT molecular complexity index is 810. The van der Waals surface area contributed by atoms with Crippen LogP contribution in [0, 0.1) is 0 Å². The minimum Gasteiger partial charge on any atom is -0.387 e. The van der Waals surface area contributed by atoms with Crippen LogP contribution in [0.5, 0.6) is 0 Å². The van der Waals surface area contributed by atoms with E-state index in [0.29, 0.717) is 13.1 Å². The van der Waals surface area contributed by atoms with Gasteiger partial charge in [-0.1, -0.05) is 48.9 Å². The van der Waals surface area contributed by atoms with Crippen molar-refractivity contribution < 1.29 is 9.90 Å². The molecule has 0 bridgehead atoms. The van der Waals surface area contributed by atoms with E-state index in [1.165, 1.54) is 66.7 Å². The number of carbonyl (C=O) groups excluding carboxylic acids is 1. The van der Waals surface area contributed by atoms with E-state index in [2.05, 4.69) is 47.4 Å². The molecule has 2 aliphatic heterocycles. The summed E-state index contributed by atoms with van der Waals surface area (Å²) < 4.78 is 0. The third-order valence-corrected chi connectivity index (χ3v) is 6.16. The highest BCUT2D eigenvalue weighted by Crippen LogP contribution is 2.27. The van der Waals surface area contributed by atoms with Crippen molar-refractivity contribution in [1.29, 1.82) is 0 Å². The van der Waals surface area contributed by atoms with Crippen molar-refractivity contribution in [2.24, 2.45) is 0 Å². The Morgan fingerprint density at radius 1 is 0.893 bits per heavy atom. The van der Waals surface area contributed by atoms with Crippen LogP contribution < -0.4 is 0 Å². The lowest BCUT2D eigenvalue weighted by molar-refractivity contribution is -0.135. The van der Waals surface area contributed by atoms with Crippen LogP contribution >= 0.6 is 0 Å². The minimum absolute atomic E-state index is 0.185. The third-order valence-electron chi connectivity index (χ3n) is 6.16. The number of fused-ring (bicyclic) bond motifs is 1. The molecule has 1 N–H and O–H groups in total. The maximum absolute atomic E-state index is 11.7. The van der Waals surface area contributed by atoms with Crippen molar-refractivity contribution >= 4 is 5.91 Å². The fourth-order valence-corrected chi connectivity index (χ4v) is 4.38. The number of hydrogen-bond acceptors (Lipinski definition) is 3. The number of piperidine rings is 1. The Labute approximate surface area is 167 Å². The number of hydrogen-bond donors (Lipinski definition) is 1. The number of likely N-dealkylation sites (tertiary alicyclic amines) is 1. The lowest BCUT2D eigenvalue weighted by Gasteiger charge is -2.28. The summed E-state index contributed by atoms with van der Waals surface area (Å²) in [6, 6.07) is 15.5. The van der Waals surface area contributed by atoms with Gasteiger partial charge >= 0.3 is 0 Å². The number of carbonyl (C=O) groups is 1. The highest BCUT2D eigenvalue weighted by molar-refractivity contribution is 5.77. The maximum atomic E-state index is 11.7. The molecule has 1 amide bonds. The molecule has 0 saturated carbocycles. The molecule has 1 saturated heterocycles. The fourth-order valence-electron chi connectivity index (χ4n) is 4.38. The maximum Gasteiger partial charge on any atom is 0.248 e. The Morgan fingerprint density at radius 2 is 1.64 bits per heavy atom. The Kier molecular flexibility index (Phi) is 6.08. The summed E-state index contributed by atoms with van der Waals surface area (Å²) in [5.74, 6) is -0.185. The average Bonchev–Trinajstić information content (AvgIpc) is 2.77. The van der Waals surface area contributed by atoms with Crippen LogP contribution in [0.3, 0.4) is 0 Å². The summed E-state index contributed by atoms with van der Waals surface area (Å²) in [5.41, 5.74) is 6.40. The first kappa shape index (κ1) is 19.2. The van der Waals surface area contributed by atoms with Gasteiger partial charge in [-0.25, -0.2) is 0 Å². The second-order valence-electron chi connectivity index (χ2n) is 8.06. The van der Waals surface area contributed by atoms with Gasteiger partial charge in [-0.05, 0) is 66.6 Å². The molecule has 28 heavy (non-hydrogen) atoms. The van der Waals surface area contributed by atoms with Gasteiger partial charge in [0.1, 0.15) is 6.61 Å². The fraction of sp³-hybridized carbons (Fsp3) is 0.458. The molecule has 2 aromatic carbocycles. The van der Waals surface area contributed by atoms with E-state index in [1.807, 2.05) is 0 Å². The van der Waals surface area contributed by atoms with Crippen molar-refractivity contribution in [1.82, 2.24) is 9.80 Å². The first-order valence-corrected chi connectivity index (χ1v) is 10.5. The van der Waals surface area contributed by atoms with Crippen molar-refractivity contribution in [3.8, 4) is 11.1 Å². The van der Waals surface area contributed by atoms with Gasteiger partial charge in [-0.15, -0.1) is 0 Å². The van der Waals surface area contributed by atoms with E-state index in [0.717, 1.165) is 12.8 Å². The molecule has 0 atom stereocenters. The number of amides is 1. The molecule has 1 fully saturated rings. The predicted octanol–water partition coefficient (Wildman–Crippen LogP) is 3.26. The number of nitrogens with zero attached hydrogens (tertiary/aromatic N) is 2. The van der Waals surface area contributed by atoms with Crippen molar-refractivity contribution in [2.45, 2.75) is 38.6 Å². The van der Waals surface area contributed by atoms with Crippen molar-refractivity contribution in [3.63, 3.8) is 0 Å². The van der Waals surface area contributed by atoms with E-state index < -0.39 is 6.61 Å². The SMILES string of the molecule is O=C(CO)N1CCc2cc(-c3ccc(CCN4CCCCC4)cc3)ccc2C1. The van der Waals surface area contributed by atoms with Crippen molar-refractivity contribution in [2.75, 3.05) is 32.8 Å². The second-order valence-corrected chi connectivity index (χ2v) is 8.06. The molecule has 148 valence electrons. The number of benzene rings is 2. The lowest BCUT2D eigenvalue weighted by Crippen LogP contribution is -2.37. The van der Waals surface area contributed by atoms with E-state index in [1.54, 1.807) is 4.90 Å². The summed E-state index contributed by atoms with van der Waals surface area (Å²) in [4.78, 5) is 16.0. The molecule has 0 spiro atoms. The number of rotatable bonds is 5. The van der Waals surface area contributed by atoms with Crippen molar-refractivity contribution in [3.05, 3.63) is 59.2 Å². The van der Waals surface area contributed by atoms with Gasteiger partial charge in [0.25, 0.3) is 0 Å². The monoisotopic (exact) mass is 378 g/mol. The summed E-state index contributed by atoms with van der Waals surface area (Å²) in [6.45, 7) is 4.57.